The van der Waals surface area contributed by atoms with Gasteiger partial charge < -0.3 is 14.0 Å². The Morgan fingerprint density at radius 2 is 1.97 bits per heavy atom. The van der Waals surface area contributed by atoms with Crippen LogP contribution >= 0.6 is 0 Å². The summed E-state index contributed by atoms with van der Waals surface area (Å²) in [6.45, 7) is 5.37. The quantitative estimate of drug-likeness (QED) is 0.414. The van der Waals surface area contributed by atoms with Crippen LogP contribution in [0, 0.1) is 16.0 Å². The fraction of sp³-hybridized carbons (Fsp3) is 0.368. The maximum Gasteiger partial charge on any atom is 0.360 e. The molecule has 0 spiro atoms. The van der Waals surface area contributed by atoms with Gasteiger partial charge in [-0.25, -0.2) is 14.8 Å². The van der Waals surface area contributed by atoms with Gasteiger partial charge in [0.2, 0.25) is 0 Å². The van der Waals surface area contributed by atoms with Crippen molar-refractivity contribution in [3.8, 4) is 0 Å². The highest BCUT2D eigenvalue weighted by Crippen LogP contribution is 2.39. The monoisotopic (exact) mass is 400 g/mol. The Bertz CT molecular complexity index is 996. The highest BCUT2D eigenvalue weighted by molar-refractivity contribution is 6.05. The number of benzene rings is 1. The fourth-order valence-electron chi connectivity index (χ4n) is 3.34. The molecule has 10 heteroatoms. The van der Waals surface area contributed by atoms with Crippen molar-refractivity contribution in [3.05, 3.63) is 52.0 Å². The van der Waals surface area contributed by atoms with E-state index in [-0.39, 0.29) is 30.4 Å². The maximum absolute atomic E-state index is 12.7. The number of ether oxygens (including phenoxy) is 2. The molecule has 0 bridgehead atoms. The fourth-order valence-corrected chi connectivity index (χ4v) is 3.34. The number of fused-ring (bicyclic) bond motifs is 1. The summed E-state index contributed by atoms with van der Waals surface area (Å²) < 4.78 is 11.8. The van der Waals surface area contributed by atoms with Crippen LogP contribution in [-0.4, -0.2) is 45.3 Å². The van der Waals surface area contributed by atoms with E-state index in [1.807, 2.05) is 0 Å². The van der Waals surface area contributed by atoms with Gasteiger partial charge in [0.1, 0.15) is 5.92 Å². The lowest BCUT2D eigenvalue weighted by Gasteiger charge is -2.31. The summed E-state index contributed by atoms with van der Waals surface area (Å²) >= 11 is 0. The number of carbonyl (C=O) groups is 2. The molecule has 2 unspecified atom stereocenters. The highest BCUT2D eigenvalue weighted by atomic mass is 16.6. The number of esters is 2. The number of nitro benzene ring substituents is 1. The molecule has 3 rings (SSSR count). The number of aliphatic imine (C=N–C) groups is 1. The first-order chi connectivity index (χ1) is 13.9. The number of carbonyl (C=O) groups excluding carboxylic acids is 2. The van der Waals surface area contributed by atoms with Crippen molar-refractivity contribution in [3.63, 3.8) is 0 Å². The molecule has 2 atom stereocenters. The number of hydrogen-bond donors (Lipinski definition) is 0. The van der Waals surface area contributed by atoms with Gasteiger partial charge in [0.05, 0.1) is 30.5 Å². The van der Waals surface area contributed by atoms with Gasteiger partial charge in [0.25, 0.3) is 5.69 Å². The highest BCUT2D eigenvalue weighted by Gasteiger charge is 2.40. The van der Waals surface area contributed by atoms with Gasteiger partial charge in [-0.3, -0.25) is 14.9 Å². The van der Waals surface area contributed by atoms with E-state index >= 15 is 0 Å². The normalized spacial score (nSPS) is 17.8. The van der Waals surface area contributed by atoms with Crippen molar-refractivity contribution in [1.29, 1.82) is 0 Å². The lowest BCUT2D eigenvalue weighted by Crippen LogP contribution is -2.36. The van der Waals surface area contributed by atoms with Gasteiger partial charge in [-0.05, 0) is 26.3 Å². The minimum absolute atomic E-state index is 0.0175. The molecule has 0 saturated heterocycles. The van der Waals surface area contributed by atoms with Gasteiger partial charge >= 0.3 is 11.9 Å². The lowest BCUT2D eigenvalue weighted by molar-refractivity contribution is -0.384. The van der Waals surface area contributed by atoms with E-state index in [9.17, 15) is 19.7 Å². The second kappa shape index (κ2) is 8.21. The Morgan fingerprint density at radius 3 is 2.62 bits per heavy atom. The number of nitrogens with zero attached hydrogens (tertiary/aromatic N) is 4. The summed E-state index contributed by atoms with van der Waals surface area (Å²) in [5.41, 5.74) is 0.820. The zero-order chi connectivity index (χ0) is 21.1. The minimum Gasteiger partial charge on any atom is -0.465 e. The van der Waals surface area contributed by atoms with Crippen molar-refractivity contribution in [1.82, 2.24) is 9.55 Å². The largest absolute Gasteiger partial charge is 0.465 e. The van der Waals surface area contributed by atoms with Crippen molar-refractivity contribution in [2.24, 2.45) is 10.9 Å². The zero-order valence-corrected chi connectivity index (χ0v) is 16.2. The van der Waals surface area contributed by atoms with Crippen molar-refractivity contribution < 1.29 is 24.0 Å². The van der Waals surface area contributed by atoms with Crippen molar-refractivity contribution >= 4 is 29.2 Å². The Hall–Kier alpha value is -3.56. The molecule has 10 nitrogen and oxygen atoms in total. The molecule has 0 amide bonds. The second-order valence-corrected chi connectivity index (χ2v) is 6.32. The van der Waals surface area contributed by atoms with E-state index in [2.05, 4.69) is 9.98 Å². The molecule has 0 fully saturated rings. The van der Waals surface area contributed by atoms with Gasteiger partial charge in [-0.1, -0.05) is 12.1 Å². The number of rotatable bonds is 6. The predicted octanol–water partition coefficient (Wildman–Crippen LogP) is 2.84. The molecule has 152 valence electrons. The molecule has 2 heterocycles. The Balaban J connectivity index is 2.18. The summed E-state index contributed by atoms with van der Waals surface area (Å²) in [7, 11) is 0. The van der Waals surface area contributed by atoms with E-state index in [0.717, 1.165) is 0 Å². The van der Waals surface area contributed by atoms with Crippen LogP contribution in [0.4, 0.5) is 11.5 Å². The van der Waals surface area contributed by atoms with Gasteiger partial charge in [0, 0.05) is 17.8 Å². The number of nitro groups is 1. The third-order valence-electron chi connectivity index (χ3n) is 4.55. The van der Waals surface area contributed by atoms with Crippen LogP contribution in [0.25, 0.3) is 0 Å². The zero-order valence-electron chi connectivity index (χ0n) is 16.2. The smallest absolute Gasteiger partial charge is 0.360 e. The SMILES string of the molecule is CCOC(=O)c1ncn2c1N=C(C)C(C(=O)OCC)C2c1cccc([N+](=O)[O-])c1. The summed E-state index contributed by atoms with van der Waals surface area (Å²) in [5.74, 6) is -1.74. The first-order valence-corrected chi connectivity index (χ1v) is 9.09. The van der Waals surface area contributed by atoms with Crippen molar-refractivity contribution in [2.75, 3.05) is 13.2 Å². The van der Waals surface area contributed by atoms with E-state index in [4.69, 9.17) is 9.47 Å². The molecule has 0 radical (unpaired) electrons. The first-order valence-electron chi connectivity index (χ1n) is 9.09. The second-order valence-electron chi connectivity index (χ2n) is 6.32. The topological polar surface area (TPSA) is 126 Å². The molecule has 0 N–H and O–H groups in total. The predicted molar refractivity (Wildman–Crippen MR) is 102 cm³/mol. The average Bonchev–Trinajstić information content (AvgIpc) is 3.10. The van der Waals surface area contributed by atoms with Crippen LogP contribution < -0.4 is 0 Å². The van der Waals surface area contributed by atoms with Crippen LogP contribution in [0.1, 0.15) is 42.9 Å². The average molecular weight is 400 g/mol. The van der Waals surface area contributed by atoms with Crippen molar-refractivity contribution in [2.45, 2.75) is 26.8 Å². The standard InChI is InChI=1S/C19H20N4O6/c1-4-28-18(24)14-11(3)21-17-15(19(25)29-5-2)20-10-22(17)16(14)12-7-6-8-13(9-12)23(26)27/h6-10,14,16H,4-5H2,1-3H3. The van der Waals surface area contributed by atoms with E-state index in [0.29, 0.717) is 11.3 Å². The molecular formula is C19H20N4O6. The van der Waals surface area contributed by atoms with Crippen LogP contribution in [0.2, 0.25) is 0 Å². The van der Waals surface area contributed by atoms with Crippen LogP contribution in [-0.2, 0) is 14.3 Å². The van der Waals surface area contributed by atoms with E-state index in [1.54, 1.807) is 37.5 Å². The third kappa shape index (κ3) is 3.73. The van der Waals surface area contributed by atoms with Crippen LogP contribution in [0.3, 0.4) is 0 Å². The van der Waals surface area contributed by atoms with E-state index in [1.165, 1.54) is 18.5 Å². The summed E-state index contributed by atoms with van der Waals surface area (Å²) in [6.07, 6.45) is 1.38. The van der Waals surface area contributed by atoms with Crippen LogP contribution in [0.15, 0.2) is 35.6 Å². The maximum atomic E-state index is 12.7. The Morgan fingerprint density at radius 1 is 1.24 bits per heavy atom. The summed E-state index contributed by atoms with van der Waals surface area (Å²) in [6, 6.07) is 5.27. The number of imidazole rings is 1. The van der Waals surface area contributed by atoms with Crippen LogP contribution in [0.5, 0.6) is 0 Å². The molecule has 1 aromatic heterocycles. The number of aromatic nitrogens is 2. The third-order valence-corrected chi connectivity index (χ3v) is 4.55. The van der Waals surface area contributed by atoms with Gasteiger partial charge in [-0.2, -0.15) is 0 Å². The van der Waals surface area contributed by atoms with Gasteiger partial charge in [0.15, 0.2) is 11.5 Å². The lowest BCUT2D eigenvalue weighted by atomic mass is 9.87. The van der Waals surface area contributed by atoms with Gasteiger partial charge in [-0.15, -0.1) is 0 Å². The van der Waals surface area contributed by atoms with E-state index < -0.39 is 28.8 Å². The Kier molecular flexibility index (Phi) is 5.71. The number of hydrogen-bond acceptors (Lipinski definition) is 8. The summed E-state index contributed by atoms with van der Waals surface area (Å²) in [5, 5.41) is 11.2. The molecule has 0 aliphatic carbocycles. The molecule has 1 aliphatic heterocycles. The molecule has 0 saturated carbocycles. The first kappa shape index (κ1) is 20.2. The molecular weight excluding hydrogens is 380 g/mol. The minimum atomic E-state index is -0.825. The number of non-ortho nitro benzene ring substituents is 1. The molecule has 1 aliphatic rings. The summed E-state index contributed by atoms with van der Waals surface area (Å²) in [4.78, 5) is 44.2. The Labute approximate surface area is 166 Å². The molecule has 29 heavy (non-hydrogen) atoms. The molecule has 2 aromatic rings. The molecule has 1 aromatic carbocycles.